The lowest BCUT2D eigenvalue weighted by Gasteiger charge is -2.13. The molecular formula is C12H13BrClN5O. The summed E-state index contributed by atoms with van der Waals surface area (Å²) in [6.07, 6.45) is 1.41. The number of ether oxygens (including phenoxy) is 1. The Morgan fingerprint density at radius 2 is 2.10 bits per heavy atom. The van der Waals surface area contributed by atoms with Crippen molar-refractivity contribution < 1.29 is 4.74 Å². The van der Waals surface area contributed by atoms with Crippen LogP contribution in [0.4, 0.5) is 11.6 Å². The number of methoxy groups -OCH3 is 1. The van der Waals surface area contributed by atoms with E-state index in [9.17, 15) is 0 Å². The monoisotopic (exact) mass is 357 g/mol. The number of benzene rings is 1. The van der Waals surface area contributed by atoms with Gasteiger partial charge in [-0.05, 0) is 28.1 Å². The summed E-state index contributed by atoms with van der Waals surface area (Å²) in [6, 6.07) is 5.50. The van der Waals surface area contributed by atoms with Crippen molar-refractivity contribution in [2.24, 2.45) is 5.84 Å². The molecule has 0 aliphatic carbocycles. The topological polar surface area (TPSA) is 85.1 Å². The third-order valence-electron chi connectivity index (χ3n) is 2.65. The van der Waals surface area contributed by atoms with E-state index in [1.165, 1.54) is 6.33 Å². The van der Waals surface area contributed by atoms with Crippen LogP contribution >= 0.6 is 27.5 Å². The fraction of sp³-hybridized carbons (Fsp3) is 0.167. The molecule has 1 aromatic heterocycles. The van der Waals surface area contributed by atoms with E-state index in [2.05, 4.69) is 36.6 Å². The molecule has 0 unspecified atom stereocenters. The predicted molar refractivity (Wildman–Crippen MR) is 82.9 cm³/mol. The van der Waals surface area contributed by atoms with Gasteiger partial charge in [0.05, 0.1) is 7.11 Å². The third-order valence-corrected chi connectivity index (χ3v) is 3.76. The lowest BCUT2D eigenvalue weighted by atomic mass is 10.2. The molecule has 1 heterocycles. The minimum absolute atomic E-state index is 0.461. The second kappa shape index (κ2) is 6.74. The Labute approximate surface area is 129 Å². The van der Waals surface area contributed by atoms with Crippen LogP contribution < -0.4 is 21.3 Å². The van der Waals surface area contributed by atoms with E-state index in [0.717, 1.165) is 5.56 Å². The van der Waals surface area contributed by atoms with Gasteiger partial charge in [-0.25, -0.2) is 15.8 Å². The smallest absolute Gasteiger partial charge is 0.159 e. The molecule has 2 rings (SSSR count). The molecule has 2 aromatic rings. The maximum atomic E-state index is 6.18. The molecule has 0 aliphatic rings. The molecule has 20 heavy (non-hydrogen) atoms. The molecule has 6 nitrogen and oxygen atoms in total. The quantitative estimate of drug-likeness (QED) is 0.563. The maximum Gasteiger partial charge on any atom is 0.159 e. The van der Waals surface area contributed by atoms with Crippen LogP contribution in [-0.4, -0.2) is 17.1 Å². The van der Waals surface area contributed by atoms with E-state index >= 15 is 0 Å². The van der Waals surface area contributed by atoms with Crippen LogP contribution in [0.5, 0.6) is 5.75 Å². The van der Waals surface area contributed by atoms with Crippen molar-refractivity contribution in [2.75, 3.05) is 17.9 Å². The molecule has 0 fully saturated rings. The van der Waals surface area contributed by atoms with Gasteiger partial charge in [0.1, 0.15) is 22.4 Å². The Bertz CT molecular complexity index is 610. The zero-order valence-corrected chi connectivity index (χ0v) is 13.0. The highest BCUT2D eigenvalue weighted by molar-refractivity contribution is 9.10. The molecule has 4 N–H and O–H groups in total. The van der Waals surface area contributed by atoms with Crippen molar-refractivity contribution in [1.29, 1.82) is 0 Å². The van der Waals surface area contributed by atoms with Crippen LogP contribution in [0.2, 0.25) is 5.02 Å². The van der Waals surface area contributed by atoms with E-state index in [1.54, 1.807) is 7.11 Å². The van der Waals surface area contributed by atoms with Gasteiger partial charge >= 0.3 is 0 Å². The van der Waals surface area contributed by atoms with Gasteiger partial charge in [-0.15, -0.1) is 0 Å². The van der Waals surface area contributed by atoms with Gasteiger partial charge in [0.15, 0.2) is 5.82 Å². The number of anilines is 2. The third kappa shape index (κ3) is 3.12. The first-order valence-electron chi connectivity index (χ1n) is 5.69. The number of hydrogen-bond acceptors (Lipinski definition) is 6. The minimum atomic E-state index is 0.461. The molecule has 8 heteroatoms. The molecule has 0 radical (unpaired) electrons. The lowest BCUT2D eigenvalue weighted by Crippen LogP contribution is -2.11. The summed E-state index contributed by atoms with van der Waals surface area (Å²) in [5.41, 5.74) is 3.33. The Kier molecular flexibility index (Phi) is 4.99. The van der Waals surface area contributed by atoms with Gasteiger partial charge < -0.3 is 15.5 Å². The van der Waals surface area contributed by atoms with Crippen LogP contribution in [-0.2, 0) is 6.54 Å². The number of aromatic nitrogens is 2. The van der Waals surface area contributed by atoms with E-state index in [1.807, 2.05) is 18.2 Å². The number of nitrogens with one attached hydrogen (secondary N) is 2. The Balaban J connectivity index is 2.21. The summed E-state index contributed by atoms with van der Waals surface area (Å²) in [6.45, 7) is 0.461. The fourth-order valence-corrected chi connectivity index (χ4v) is 2.36. The predicted octanol–water partition coefficient (Wildman–Crippen LogP) is 2.80. The molecule has 1 aromatic carbocycles. The minimum Gasteiger partial charge on any atom is -0.496 e. The summed E-state index contributed by atoms with van der Waals surface area (Å²) in [7, 11) is 1.60. The summed E-state index contributed by atoms with van der Waals surface area (Å²) in [5, 5.41) is 3.79. The molecule has 0 bridgehead atoms. The highest BCUT2D eigenvalue weighted by Gasteiger charge is 2.11. The zero-order valence-electron chi connectivity index (χ0n) is 10.7. The van der Waals surface area contributed by atoms with E-state index in [0.29, 0.717) is 33.4 Å². The van der Waals surface area contributed by atoms with E-state index in [-0.39, 0.29) is 0 Å². The number of nitrogens with zero attached hydrogens (tertiary/aromatic N) is 2. The summed E-state index contributed by atoms with van der Waals surface area (Å²) in [4.78, 5) is 8.12. The molecule has 0 atom stereocenters. The average molecular weight is 359 g/mol. The van der Waals surface area contributed by atoms with Gasteiger partial charge in [0.2, 0.25) is 0 Å². The Hall–Kier alpha value is -1.57. The fourth-order valence-electron chi connectivity index (χ4n) is 1.67. The summed E-state index contributed by atoms with van der Waals surface area (Å²) in [5.74, 6) is 7.17. The molecular weight excluding hydrogens is 346 g/mol. The molecule has 0 saturated carbocycles. The van der Waals surface area contributed by atoms with E-state index < -0.39 is 0 Å². The molecule has 0 saturated heterocycles. The standard InChI is InChI=1S/C12H13BrClN5O/c1-20-9-4-2-3-8(14)7(9)5-16-11-10(13)12(19-15)18-6-17-11/h2-4,6H,5,15H2,1H3,(H2,16,17,18,19). The van der Waals surface area contributed by atoms with Crippen molar-refractivity contribution >= 4 is 39.2 Å². The number of hydrazine groups is 1. The SMILES string of the molecule is COc1cccc(Cl)c1CNc1ncnc(NN)c1Br. The van der Waals surface area contributed by atoms with Crippen molar-refractivity contribution in [3.05, 3.63) is 39.6 Å². The number of nitrogen functional groups attached to an aromatic ring is 1. The normalized spacial score (nSPS) is 10.2. The number of rotatable bonds is 5. The molecule has 0 amide bonds. The molecule has 106 valence electrons. The Morgan fingerprint density at radius 3 is 2.80 bits per heavy atom. The van der Waals surface area contributed by atoms with E-state index in [4.69, 9.17) is 22.2 Å². The van der Waals surface area contributed by atoms with Crippen LogP contribution in [0.25, 0.3) is 0 Å². The van der Waals surface area contributed by atoms with Gasteiger partial charge in [-0.1, -0.05) is 17.7 Å². The van der Waals surface area contributed by atoms with Crippen LogP contribution in [0.3, 0.4) is 0 Å². The van der Waals surface area contributed by atoms with Gasteiger partial charge in [-0.2, -0.15) is 0 Å². The van der Waals surface area contributed by atoms with Crippen LogP contribution in [0.15, 0.2) is 29.0 Å². The first-order chi connectivity index (χ1) is 9.67. The second-order valence-corrected chi connectivity index (χ2v) is 5.00. The number of nitrogens with two attached hydrogens (primary N) is 1. The highest BCUT2D eigenvalue weighted by Crippen LogP contribution is 2.29. The first-order valence-corrected chi connectivity index (χ1v) is 6.86. The zero-order chi connectivity index (χ0) is 14.5. The van der Waals surface area contributed by atoms with Crippen molar-refractivity contribution in [2.45, 2.75) is 6.54 Å². The van der Waals surface area contributed by atoms with Crippen molar-refractivity contribution in [3.63, 3.8) is 0 Å². The first kappa shape index (κ1) is 14.8. The van der Waals surface area contributed by atoms with Crippen molar-refractivity contribution in [3.8, 4) is 5.75 Å². The van der Waals surface area contributed by atoms with Gasteiger partial charge in [-0.3, -0.25) is 0 Å². The highest BCUT2D eigenvalue weighted by atomic mass is 79.9. The van der Waals surface area contributed by atoms with Crippen molar-refractivity contribution in [1.82, 2.24) is 9.97 Å². The lowest BCUT2D eigenvalue weighted by molar-refractivity contribution is 0.410. The van der Waals surface area contributed by atoms with Gasteiger partial charge in [0, 0.05) is 17.1 Å². The molecule has 0 aliphatic heterocycles. The summed E-state index contributed by atoms with van der Waals surface area (Å²) >= 11 is 9.55. The maximum absolute atomic E-state index is 6.18. The Morgan fingerprint density at radius 1 is 1.35 bits per heavy atom. The number of hydrogen-bond donors (Lipinski definition) is 3. The van der Waals surface area contributed by atoms with Crippen LogP contribution in [0, 0.1) is 0 Å². The number of halogens is 2. The van der Waals surface area contributed by atoms with Crippen LogP contribution in [0.1, 0.15) is 5.56 Å². The largest absolute Gasteiger partial charge is 0.496 e. The second-order valence-electron chi connectivity index (χ2n) is 3.80. The average Bonchev–Trinajstić information content (AvgIpc) is 2.47. The molecule has 0 spiro atoms. The van der Waals surface area contributed by atoms with Gasteiger partial charge in [0.25, 0.3) is 0 Å². The summed E-state index contributed by atoms with van der Waals surface area (Å²) < 4.78 is 5.94.